The normalized spacial score (nSPS) is 14.1. The smallest absolute Gasteiger partial charge is 0.282 e. The van der Waals surface area contributed by atoms with Crippen molar-refractivity contribution >= 4 is 40.1 Å². The average Bonchev–Trinajstić information content (AvgIpc) is 2.91. The summed E-state index contributed by atoms with van der Waals surface area (Å²) in [5, 5.41) is 2.76. The maximum atomic E-state index is 14.0. The first-order valence-corrected chi connectivity index (χ1v) is 12.2. The molecule has 1 saturated heterocycles. The third-order valence-electron chi connectivity index (χ3n) is 6.66. The first kappa shape index (κ1) is 24.6. The molecule has 0 unspecified atom stereocenters. The van der Waals surface area contributed by atoms with Crippen LogP contribution >= 0.6 is 11.6 Å². The molecule has 2 amide bonds. The molecular weight excluding hydrogens is 497 g/mol. The highest BCUT2D eigenvalue weighted by molar-refractivity contribution is 6.29. The summed E-state index contributed by atoms with van der Waals surface area (Å²) in [4.78, 5) is 47.6. The standard InChI is InChI=1S/C27H23ClFN5O3/c1-33-21-5-3-2-4-20(21)31-23(27(33)37)25(35)30-18-8-6-16(7-9-18)17-12-14-34(15-13-17)26(36)19-10-11-22(28)32-24(19)29/h2-11,17H,12-15H2,1H3,(H,30,35). The number of nitrogens with one attached hydrogen (secondary N) is 1. The third kappa shape index (κ3) is 4.95. The average molecular weight is 520 g/mol. The van der Waals surface area contributed by atoms with Gasteiger partial charge >= 0.3 is 0 Å². The van der Waals surface area contributed by atoms with Gasteiger partial charge < -0.3 is 14.8 Å². The Bertz CT molecular complexity index is 1560. The number of para-hydroxylation sites is 2. The Hall–Kier alpha value is -4.11. The molecule has 5 rings (SSSR count). The first-order valence-electron chi connectivity index (χ1n) is 11.8. The second kappa shape index (κ2) is 10.1. The van der Waals surface area contributed by atoms with Crippen molar-refractivity contribution in [3.63, 3.8) is 0 Å². The fourth-order valence-corrected chi connectivity index (χ4v) is 4.75. The molecule has 8 nitrogen and oxygen atoms in total. The van der Waals surface area contributed by atoms with Crippen LogP contribution in [0.1, 0.15) is 45.2 Å². The van der Waals surface area contributed by atoms with Crippen LogP contribution in [0.25, 0.3) is 11.0 Å². The molecule has 37 heavy (non-hydrogen) atoms. The first-order chi connectivity index (χ1) is 17.8. The molecule has 4 aromatic rings. The van der Waals surface area contributed by atoms with Crippen LogP contribution in [0.4, 0.5) is 10.1 Å². The zero-order chi connectivity index (χ0) is 26.1. The van der Waals surface area contributed by atoms with E-state index < -0.39 is 23.3 Å². The summed E-state index contributed by atoms with van der Waals surface area (Å²) in [6, 6.07) is 17.3. The van der Waals surface area contributed by atoms with Gasteiger partial charge in [-0.05, 0) is 60.7 Å². The Balaban J connectivity index is 1.23. The number of carbonyl (C=O) groups is 2. The van der Waals surface area contributed by atoms with Gasteiger partial charge in [0.25, 0.3) is 17.4 Å². The molecule has 0 radical (unpaired) electrons. The lowest BCUT2D eigenvalue weighted by Crippen LogP contribution is -2.38. The van der Waals surface area contributed by atoms with Crippen molar-refractivity contribution in [2.45, 2.75) is 18.8 Å². The maximum absolute atomic E-state index is 14.0. The van der Waals surface area contributed by atoms with Crippen molar-refractivity contribution < 1.29 is 14.0 Å². The van der Waals surface area contributed by atoms with E-state index in [4.69, 9.17) is 11.6 Å². The van der Waals surface area contributed by atoms with Gasteiger partial charge in [-0.3, -0.25) is 14.4 Å². The number of carbonyl (C=O) groups excluding carboxylic acids is 2. The summed E-state index contributed by atoms with van der Waals surface area (Å²) in [6.45, 7) is 0.974. The highest BCUT2D eigenvalue weighted by Crippen LogP contribution is 2.30. The SMILES string of the molecule is Cn1c(=O)c(C(=O)Nc2ccc(C3CCN(C(=O)c4ccc(Cl)nc4F)CC3)cc2)nc2ccccc21. The van der Waals surface area contributed by atoms with E-state index in [0.29, 0.717) is 29.8 Å². The van der Waals surface area contributed by atoms with Crippen molar-refractivity contribution in [3.8, 4) is 0 Å². The Kier molecular flexibility index (Phi) is 6.71. The fourth-order valence-electron chi connectivity index (χ4n) is 4.61. The van der Waals surface area contributed by atoms with Crippen LogP contribution in [0.15, 0.2) is 65.5 Å². The van der Waals surface area contributed by atoms with E-state index in [1.807, 2.05) is 18.2 Å². The van der Waals surface area contributed by atoms with Crippen molar-refractivity contribution in [3.05, 3.63) is 98.9 Å². The number of halogens is 2. The van der Waals surface area contributed by atoms with Crippen LogP contribution in [0.2, 0.25) is 5.15 Å². The van der Waals surface area contributed by atoms with Crippen LogP contribution in [0, 0.1) is 5.95 Å². The lowest BCUT2D eigenvalue weighted by molar-refractivity contribution is 0.0707. The van der Waals surface area contributed by atoms with E-state index in [1.165, 1.54) is 16.7 Å². The van der Waals surface area contributed by atoms with Gasteiger partial charge in [0.2, 0.25) is 5.95 Å². The van der Waals surface area contributed by atoms with Crippen LogP contribution < -0.4 is 10.9 Å². The number of rotatable bonds is 4. The second-order valence-electron chi connectivity index (χ2n) is 8.93. The summed E-state index contributed by atoms with van der Waals surface area (Å²) >= 11 is 5.68. The summed E-state index contributed by atoms with van der Waals surface area (Å²) in [6.07, 6.45) is 1.44. The number of benzene rings is 2. The van der Waals surface area contributed by atoms with Crippen LogP contribution in [-0.4, -0.2) is 44.3 Å². The van der Waals surface area contributed by atoms with Crippen LogP contribution in [-0.2, 0) is 7.05 Å². The van der Waals surface area contributed by atoms with E-state index in [-0.39, 0.29) is 22.3 Å². The van der Waals surface area contributed by atoms with Gasteiger partial charge in [-0.25, -0.2) is 9.97 Å². The Labute approximate surface area is 216 Å². The van der Waals surface area contributed by atoms with Crippen LogP contribution in [0.3, 0.4) is 0 Å². The molecule has 1 fully saturated rings. The number of aromatic nitrogens is 3. The molecule has 1 N–H and O–H groups in total. The zero-order valence-electron chi connectivity index (χ0n) is 19.9. The van der Waals surface area contributed by atoms with E-state index in [9.17, 15) is 18.8 Å². The summed E-state index contributed by atoms with van der Waals surface area (Å²) in [5.74, 6) is -1.62. The monoisotopic (exact) mass is 519 g/mol. The summed E-state index contributed by atoms with van der Waals surface area (Å²) in [7, 11) is 1.61. The largest absolute Gasteiger partial charge is 0.338 e. The maximum Gasteiger partial charge on any atom is 0.282 e. The molecule has 0 spiro atoms. The molecule has 0 atom stereocenters. The number of nitrogens with zero attached hydrogens (tertiary/aromatic N) is 4. The molecule has 0 saturated carbocycles. The Morgan fingerprint density at radius 3 is 2.41 bits per heavy atom. The molecular formula is C27H23ClFN5O3. The van der Waals surface area contributed by atoms with Gasteiger partial charge in [0.05, 0.1) is 16.6 Å². The number of amides is 2. The Morgan fingerprint density at radius 2 is 1.70 bits per heavy atom. The zero-order valence-corrected chi connectivity index (χ0v) is 20.7. The van der Waals surface area contributed by atoms with Gasteiger partial charge in [0.15, 0.2) is 5.69 Å². The molecule has 2 aromatic carbocycles. The van der Waals surface area contributed by atoms with E-state index >= 15 is 0 Å². The Morgan fingerprint density at radius 1 is 1.00 bits per heavy atom. The van der Waals surface area contributed by atoms with Crippen molar-refractivity contribution in [1.29, 1.82) is 0 Å². The van der Waals surface area contributed by atoms with Crippen molar-refractivity contribution in [1.82, 2.24) is 19.4 Å². The van der Waals surface area contributed by atoms with Gasteiger partial charge in [-0.15, -0.1) is 0 Å². The fraction of sp³-hybridized carbons (Fsp3) is 0.222. The topological polar surface area (TPSA) is 97.2 Å². The number of hydrogen-bond donors (Lipinski definition) is 1. The molecule has 2 aromatic heterocycles. The number of pyridine rings is 1. The highest BCUT2D eigenvalue weighted by atomic mass is 35.5. The van der Waals surface area contributed by atoms with Crippen molar-refractivity contribution in [2.75, 3.05) is 18.4 Å². The second-order valence-corrected chi connectivity index (χ2v) is 9.32. The molecule has 0 bridgehead atoms. The van der Waals surface area contributed by atoms with Gasteiger partial charge in [0.1, 0.15) is 5.15 Å². The quantitative estimate of drug-likeness (QED) is 0.403. The lowest BCUT2D eigenvalue weighted by atomic mass is 9.89. The van der Waals surface area contributed by atoms with E-state index in [2.05, 4.69) is 15.3 Å². The van der Waals surface area contributed by atoms with E-state index in [0.717, 1.165) is 18.4 Å². The molecule has 1 aliphatic heterocycles. The summed E-state index contributed by atoms with van der Waals surface area (Å²) < 4.78 is 15.5. The van der Waals surface area contributed by atoms with Gasteiger partial charge in [-0.2, -0.15) is 4.39 Å². The minimum atomic E-state index is -0.867. The van der Waals surface area contributed by atoms with Gasteiger partial charge in [0, 0.05) is 25.8 Å². The van der Waals surface area contributed by atoms with E-state index in [1.54, 1.807) is 42.3 Å². The minimum absolute atomic E-state index is 0.00314. The molecule has 10 heteroatoms. The highest BCUT2D eigenvalue weighted by Gasteiger charge is 2.26. The number of piperidine rings is 1. The number of aryl methyl sites for hydroxylation is 1. The molecule has 3 heterocycles. The predicted octanol–water partition coefficient (Wildman–Crippen LogP) is 4.39. The van der Waals surface area contributed by atoms with Crippen LogP contribution in [0.5, 0.6) is 0 Å². The minimum Gasteiger partial charge on any atom is -0.338 e. The molecule has 188 valence electrons. The number of anilines is 1. The molecule has 0 aliphatic carbocycles. The predicted molar refractivity (Wildman–Crippen MR) is 138 cm³/mol. The summed E-state index contributed by atoms with van der Waals surface area (Å²) in [5.41, 5.74) is 2.10. The number of hydrogen-bond acceptors (Lipinski definition) is 5. The lowest BCUT2D eigenvalue weighted by Gasteiger charge is -2.32. The third-order valence-corrected chi connectivity index (χ3v) is 6.88. The molecule has 1 aliphatic rings. The number of likely N-dealkylation sites (tertiary alicyclic amines) is 1. The van der Waals surface area contributed by atoms with Gasteiger partial charge in [-0.1, -0.05) is 35.9 Å². The van der Waals surface area contributed by atoms with Crippen molar-refractivity contribution in [2.24, 2.45) is 7.05 Å². The number of fused-ring (bicyclic) bond motifs is 1.